The number of ether oxygens (including phenoxy) is 1. The first kappa shape index (κ1) is 14.7. The Morgan fingerprint density at radius 1 is 1.44 bits per heavy atom. The number of nitrogens with zero attached hydrogens (tertiary/aromatic N) is 2. The summed E-state index contributed by atoms with van der Waals surface area (Å²) in [6, 6.07) is 2.66. The standard InChI is InChI=1S/C13H19FN2O2/c1-3-18-9-8-16(2)7-6-13(17)12-5-4-11(14)10-15-12/h4-5,10H,3,6-9H2,1-2H3. The van der Waals surface area contributed by atoms with Crippen molar-refractivity contribution in [2.45, 2.75) is 13.3 Å². The first-order valence-electron chi connectivity index (χ1n) is 6.04. The molecule has 0 atom stereocenters. The van der Waals surface area contributed by atoms with Crippen molar-refractivity contribution in [3.63, 3.8) is 0 Å². The molecule has 0 fully saturated rings. The van der Waals surface area contributed by atoms with Crippen molar-refractivity contribution in [1.29, 1.82) is 0 Å². The highest BCUT2D eigenvalue weighted by Crippen LogP contribution is 2.02. The minimum atomic E-state index is -0.430. The summed E-state index contributed by atoms with van der Waals surface area (Å²) in [6.45, 7) is 4.74. The van der Waals surface area contributed by atoms with Crippen LogP contribution in [0, 0.1) is 5.82 Å². The molecule has 0 N–H and O–H groups in total. The van der Waals surface area contributed by atoms with E-state index in [0.29, 0.717) is 31.9 Å². The van der Waals surface area contributed by atoms with Crippen LogP contribution in [0.25, 0.3) is 0 Å². The summed E-state index contributed by atoms with van der Waals surface area (Å²) in [4.78, 5) is 17.5. The number of rotatable bonds is 8. The highest BCUT2D eigenvalue weighted by atomic mass is 19.1. The molecule has 0 saturated heterocycles. The molecule has 0 spiro atoms. The van der Waals surface area contributed by atoms with Crippen LogP contribution in [-0.2, 0) is 4.74 Å². The molecule has 0 radical (unpaired) electrons. The third-order valence-electron chi connectivity index (χ3n) is 2.56. The molecule has 0 amide bonds. The van der Waals surface area contributed by atoms with Crippen LogP contribution in [0.5, 0.6) is 0 Å². The molecule has 4 nitrogen and oxygen atoms in total. The monoisotopic (exact) mass is 254 g/mol. The SMILES string of the molecule is CCOCCN(C)CCC(=O)c1ccc(F)cn1. The highest BCUT2D eigenvalue weighted by Gasteiger charge is 2.08. The van der Waals surface area contributed by atoms with Gasteiger partial charge in [-0.1, -0.05) is 0 Å². The molecule has 1 heterocycles. The lowest BCUT2D eigenvalue weighted by Gasteiger charge is -2.15. The average Bonchev–Trinajstić information content (AvgIpc) is 2.37. The zero-order valence-electron chi connectivity index (χ0n) is 10.9. The van der Waals surface area contributed by atoms with Gasteiger partial charge >= 0.3 is 0 Å². The van der Waals surface area contributed by atoms with E-state index < -0.39 is 5.82 Å². The molecule has 1 rings (SSSR count). The number of Topliss-reactive ketones (excluding diaryl/α,β-unsaturated/α-hetero) is 1. The quantitative estimate of drug-likeness (QED) is 0.523. The van der Waals surface area contributed by atoms with Gasteiger partial charge in [-0.2, -0.15) is 0 Å². The Labute approximate surface area is 107 Å². The van der Waals surface area contributed by atoms with Gasteiger partial charge in [-0.25, -0.2) is 4.39 Å². The van der Waals surface area contributed by atoms with Crippen LogP contribution in [0.4, 0.5) is 4.39 Å². The van der Waals surface area contributed by atoms with Crippen molar-refractivity contribution in [1.82, 2.24) is 9.88 Å². The molecule has 1 aromatic rings. The zero-order chi connectivity index (χ0) is 13.4. The number of carbonyl (C=O) groups excluding carboxylic acids is 1. The Balaban J connectivity index is 2.30. The summed E-state index contributed by atoms with van der Waals surface area (Å²) >= 11 is 0. The average molecular weight is 254 g/mol. The first-order chi connectivity index (χ1) is 8.63. The normalized spacial score (nSPS) is 10.9. The summed E-state index contributed by atoms with van der Waals surface area (Å²) in [6.07, 6.45) is 1.44. The number of carbonyl (C=O) groups is 1. The van der Waals surface area contributed by atoms with Crippen LogP contribution in [0.2, 0.25) is 0 Å². The van der Waals surface area contributed by atoms with Gasteiger partial charge in [0.05, 0.1) is 12.8 Å². The highest BCUT2D eigenvalue weighted by molar-refractivity contribution is 5.94. The predicted octanol–water partition coefficient (Wildman–Crippen LogP) is 1.76. The molecule has 0 aliphatic rings. The number of pyridine rings is 1. The molecule has 100 valence electrons. The van der Waals surface area contributed by atoms with E-state index in [0.717, 1.165) is 12.7 Å². The third-order valence-corrected chi connectivity index (χ3v) is 2.56. The molecule has 0 aromatic carbocycles. The van der Waals surface area contributed by atoms with Crippen molar-refractivity contribution in [2.24, 2.45) is 0 Å². The Kier molecular flexibility index (Phi) is 6.46. The fraction of sp³-hybridized carbons (Fsp3) is 0.538. The maximum absolute atomic E-state index is 12.6. The zero-order valence-corrected chi connectivity index (χ0v) is 10.9. The molecule has 0 aliphatic heterocycles. The predicted molar refractivity (Wildman–Crippen MR) is 67.1 cm³/mol. The van der Waals surface area contributed by atoms with Crippen molar-refractivity contribution in [2.75, 3.05) is 33.4 Å². The number of ketones is 1. The van der Waals surface area contributed by atoms with E-state index in [2.05, 4.69) is 4.98 Å². The second-order valence-electron chi connectivity index (χ2n) is 4.04. The van der Waals surface area contributed by atoms with Gasteiger partial charge in [0.25, 0.3) is 0 Å². The van der Waals surface area contributed by atoms with Crippen molar-refractivity contribution in [3.05, 3.63) is 29.8 Å². The second-order valence-corrected chi connectivity index (χ2v) is 4.04. The Morgan fingerprint density at radius 2 is 2.22 bits per heavy atom. The van der Waals surface area contributed by atoms with Crippen molar-refractivity contribution in [3.8, 4) is 0 Å². The van der Waals surface area contributed by atoms with Gasteiger partial charge in [0.15, 0.2) is 5.78 Å². The maximum atomic E-state index is 12.6. The largest absolute Gasteiger partial charge is 0.380 e. The van der Waals surface area contributed by atoms with Gasteiger partial charge in [0.1, 0.15) is 11.5 Å². The van der Waals surface area contributed by atoms with Gasteiger partial charge in [-0.15, -0.1) is 0 Å². The fourth-order valence-corrected chi connectivity index (χ4v) is 1.44. The molecule has 18 heavy (non-hydrogen) atoms. The molecule has 1 aromatic heterocycles. The van der Waals surface area contributed by atoms with Gasteiger partial charge in [0.2, 0.25) is 0 Å². The Morgan fingerprint density at radius 3 is 2.83 bits per heavy atom. The van der Waals surface area contributed by atoms with Crippen LogP contribution in [-0.4, -0.2) is 49.0 Å². The lowest BCUT2D eigenvalue weighted by Crippen LogP contribution is -2.26. The van der Waals surface area contributed by atoms with Crippen LogP contribution < -0.4 is 0 Å². The first-order valence-corrected chi connectivity index (χ1v) is 6.04. The number of aromatic nitrogens is 1. The van der Waals surface area contributed by atoms with E-state index in [1.807, 2.05) is 18.9 Å². The van der Waals surface area contributed by atoms with Crippen LogP contribution >= 0.6 is 0 Å². The molecule has 5 heteroatoms. The summed E-state index contributed by atoms with van der Waals surface area (Å²) in [5, 5.41) is 0. The molecular weight excluding hydrogens is 235 g/mol. The topological polar surface area (TPSA) is 42.4 Å². The second kappa shape index (κ2) is 7.89. The summed E-state index contributed by atoms with van der Waals surface area (Å²) in [5.41, 5.74) is 0.314. The van der Waals surface area contributed by atoms with Crippen LogP contribution in [0.3, 0.4) is 0 Å². The number of hydrogen-bond acceptors (Lipinski definition) is 4. The van der Waals surface area contributed by atoms with E-state index >= 15 is 0 Å². The fourth-order valence-electron chi connectivity index (χ4n) is 1.44. The molecule has 0 bridgehead atoms. The van der Waals surface area contributed by atoms with Crippen LogP contribution in [0.15, 0.2) is 18.3 Å². The summed E-state index contributed by atoms with van der Waals surface area (Å²) < 4.78 is 17.9. The van der Waals surface area contributed by atoms with E-state index in [1.54, 1.807) is 0 Å². The lowest BCUT2D eigenvalue weighted by molar-refractivity contribution is 0.0941. The Hall–Kier alpha value is -1.33. The molecule has 0 aliphatic carbocycles. The summed E-state index contributed by atoms with van der Waals surface area (Å²) in [5.74, 6) is -0.501. The maximum Gasteiger partial charge on any atom is 0.182 e. The van der Waals surface area contributed by atoms with Crippen molar-refractivity contribution < 1.29 is 13.9 Å². The smallest absolute Gasteiger partial charge is 0.182 e. The number of halogens is 1. The van der Waals surface area contributed by atoms with Gasteiger partial charge in [-0.3, -0.25) is 9.78 Å². The van der Waals surface area contributed by atoms with Crippen LogP contribution in [0.1, 0.15) is 23.8 Å². The van der Waals surface area contributed by atoms with E-state index in [-0.39, 0.29) is 5.78 Å². The minimum Gasteiger partial charge on any atom is -0.380 e. The van der Waals surface area contributed by atoms with Gasteiger partial charge in [0, 0.05) is 26.1 Å². The lowest BCUT2D eigenvalue weighted by atomic mass is 10.2. The van der Waals surface area contributed by atoms with Gasteiger partial charge in [-0.05, 0) is 26.1 Å². The van der Waals surface area contributed by atoms with E-state index in [4.69, 9.17) is 4.74 Å². The Bertz CT molecular complexity index is 368. The van der Waals surface area contributed by atoms with Gasteiger partial charge < -0.3 is 9.64 Å². The van der Waals surface area contributed by atoms with Crippen molar-refractivity contribution >= 4 is 5.78 Å². The molecule has 0 saturated carbocycles. The third kappa shape index (κ3) is 5.33. The minimum absolute atomic E-state index is 0.0711. The molecule has 0 unspecified atom stereocenters. The van der Waals surface area contributed by atoms with E-state index in [9.17, 15) is 9.18 Å². The summed E-state index contributed by atoms with van der Waals surface area (Å²) in [7, 11) is 1.93. The number of hydrogen-bond donors (Lipinski definition) is 0. The van der Waals surface area contributed by atoms with E-state index in [1.165, 1.54) is 12.1 Å². The number of likely N-dealkylation sites (N-methyl/N-ethyl adjacent to an activating group) is 1. The molecular formula is C13H19FN2O2.